The molecular formula is C11H12N4S. The van der Waals surface area contributed by atoms with Crippen molar-refractivity contribution in [2.45, 2.75) is 6.92 Å². The average molecular weight is 232 g/mol. The van der Waals surface area contributed by atoms with Crippen molar-refractivity contribution in [3.05, 3.63) is 35.2 Å². The summed E-state index contributed by atoms with van der Waals surface area (Å²) < 4.78 is 1.23. The molecule has 4 nitrogen and oxygen atoms in total. The first-order valence-electron chi connectivity index (χ1n) is 4.79. The van der Waals surface area contributed by atoms with Crippen molar-refractivity contribution in [2.75, 3.05) is 0 Å². The van der Waals surface area contributed by atoms with Crippen molar-refractivity contribution in [1.29, 1.82) is 0 Å². The maximum Gasteiger partial charge on any atom is 0.211 e. The summed E-state index contributed by atoms with van der Waals surface area (Å²) in [6.45, 7) is 1.89. The van der Waals surface area contributed by atoms with Gasteiger partial charge in [0.05, 0.1) is 10.6 Å². The van der Waals surface area contributed by atoms with Gasteiger partial charge >= 0.3 is 0 Å². The van der Waals surface area contributed by atoms with Crippen LogP contribution < -0.4 is 11.5 Å². The number of hydrogen-bond donors (Lipinski definition) is 2. The van der Waals surface area contributed by atoms with Crippen LogP contribution in [0.1, 0.15) is 11.8 Å². The van der Waals surface area contributed by atoms with Crippen LogP contribution in [0, 0.1) is 0 Å². The summed E-state index contributed by atoms with van der Waals surface area (Å²) in [5.41, 5.74) is 11.3. The molecule has 1 heterocycles. The summed E-state index contributed by atoms with van der Waals surface area (Å²) >= 11 is 1.68. The fourth-order valence-corrected chi connectivity index (χ4v) is 2.34. The fraction of sp³-hybridized carbons (Fsp3) is 0.0909. The first-order chi connectivity index (χ1) is 7.66. The molecule has 0 saturated heterocycles. The Balaban J connectivity index is 2.40. The van der Waals surface area contributed by atoms with Crippen LogP contribution in [-0.2, 0) is 0 Å². The standard InChI is InChI=1S/C11H12N4S/c1-7(14-15-11(12)13)10-6-8-4-2-3-5-9(8)16-10/h2-6H,1H3,(H4,12,13,15)/b14-7-. The zero-order valence-corrected chi connectivity index (χ0v) is 9.66. The van der Waals surface area contributed by atoms with Crippen molar-refractivity contribution in [2.24, 2.45) is 21.7 Å². The summed E-state index contributed by atoms with van der Waals surface area (Å²) in [7, 11) is 0. The average Bonchev–Trinajstić information content (AvgIpc) is 2.69. The highest BCUT2D eigenvalue weighted by atomic mass is 32.1. The summed E-state index contributed by atoms with van der Waals surface area (Å²) in [5.74, 6) is -0.0274. The largest absolute Gasteiger partial charge is 0.369 e. The molecule has 0 fully saturated rings. The van der Waals surface area contributed by atoms with Crippen molar-refractivity contribution < 1.29 is 0 Å². The molecule has 0 radical (unpaired) electrons. The van der Waals surface area contributed by atoms with Gasteiger partial charge in [0.1, 0.15) is 0 Å². The predicted molar refractivity (Wildman–Crippen MR) is 69.8 cm³/mol. The van der Waals surface area contributed by atoms with Gasteiger partial charge in [-0.1, -0.05) is 18.2 Å². The van der Waals surface area contributed by atoms with E-state index < -0.39 is 0 Å². The van der Waals surface area contributed by atoms with Crippen molar-refractivity contribution in [3.8, 4) is 0 Å². The fourth-order valence-electron chi connectivity index (χ4n) is 1.34. The lowest BCUT2D eigenvalue weighted by Gasteiger charge is -1.91. The van der Waals surface area contributed by atoms with E-state index >= 15 is 0 Å². The second-order valence-electron chi connectivity index (χ2n) is 3.36. The van der Waals surface area contributed by atoms with Crippen LogP contribution in [0.3, 0.4) is 0 Å². The number of thiophene rings is 1. The third kappa shape index (κ3) is 2.20. The molecule has 0 aliphatic heterocycles. The highest BCUT2D eigenvalue weighted by Crippen LogP contribution is 2.25. The van der Waals surface area contributed by atoms with Crippen LogP contribution in [-0.4, -0.2) is 11.7 Å². The number of rotatable bonds is 2. The van der Waals surface area contributed by atoms with E-state index in [-0.39, 0.29) is 5.96 Å². The minimum atomic E-state index is -0.0274. The van der Waals surface area contributed by atoms with E-state index in [4.69, 9.17) is 11.5 Å². The molecule has 0 aliphatic carbocycles. The van der Waals surface area contributed by atoms with Gasteiger partial charge in [0.25, 0.3) is 0 Å². The van der Waals surface area contributed by atoms with Gasteiger partial charge in [0.2, 0.25) is 5.96 Å². The first-order valence-corrected chi connectivity index (χ1v) is 5.60. The van der Waals surface area contributed by atoms with Crippen molar-refractivity contribution >= 4 is 33.1 Å². The number of guanidine groups is 1. The van der Waals surface area contributed by atoms with E-state index in [1.807, 2.05) is 19.1 Å². The van der Waals surface area contributed by atoms with Crippen LogP contribution >= 0.6 is 11.3 Å². The molecule has 0 spiro atoms. The molecule has 16 heavy (non-hydrogen) atoms. The molecule has 0 unspecified atom stereocenters. The molecule has 4 N–H and O–H groups in total. The quantitative estimate of drug-likeness (QED) is 0.471. The molecular weight excluding hydrogens is 220 g/mol. The molecule has 2 aromatic rings. The number of fused-ring (bicyclic) bond motifs is 1. The second kappa shape index (κ2) is 4.32. The molecule has 1 aromatic carbocycles. The van der Waals surface area contributed by atoms with Crippen LogP contribution in [0.15, 0.2) is 40.5 Å². The third-order valence-electron chi connectivity index (χ3n) is 2.10. The van der Waals surface area contributed by atoms with Gasteiger partial charge in [-0.25, -0.2) is 0 Å². The molecule has 0 aliphatic rings. The molecule has 1 aromatic heterocycles. The summed E-state index contributed by atoms with van der Waals surface area (Å²) in [5, 5.41) is 8.80. The molecule has 2 rings (SSSR count). The Bertz CT molecular complexity index is 531. The highest BCUT2D eigenvalue weighted by molar-refractivity contribution is 7.20. The normalized spacial score (nSPS) is 11.7. The van der Waals surface area contributed by atoms with Gasteiger partial charge in [0, 0.05) is 4.70 Å². The molecule has 0 bridgehead atoms. The maximum absolute atomic E-state index is 5.22. The Morgan fingerprint density at radius 3 is 2.62 bits per heavy atom. The Hall–Kier alpha value is -1.88. The summed E-state index contributed by atoms with van der Waals surface area (Å²) in [6.07, 6.45) is 0. The summed E-state index contributed by atoms with van der Waals surface area (Å²) in [6, 6.07) is 10.3. The molecule has 0 amide bonds. The number of hydrogen-bond acceptors (Lipinski definition) is 3. The number of benzene rings is 1. The Morgan fingerprint density at radius 1 is 1.19 bits per heavy atom. The van der Waals surface area contributed by atoms with Crippen molar-refractivity contribution in [1.82, 2.24) is 0 Å². The van der Waals surface area contributed by atoms with E-state index in [9.17, 15) is 0 Å². The number of nitrogens with zero attached hydrogens (tertiary/aromatic N) is 2. The predicted octanol–water partition coefficient (Wildman–Crippen LogP) is 1.90. The SMILES string of the molecule is C/C(=N/N=C(N)N)c1cc2ccccc2s1. The second-order valence-corrected chi connectivity index (χ2v) is 4.44. The van der Waals surface area contributed by atoms with Crippen LogP contribution in [0.4, 0.5) is 0 Å². The minimum Gasteiger partial charge on any atom is -0.369 e. The monoisotopic (exact) mass is 232 g/mol. The zero-order valence-electron chi connectivity index (χ0n) is 8.84. The molecule has 0 atom stereocenters. The Labute approximate surface area is 97.3 Å². The van der Waals surface area contributed by atoms with Crippen LogP contribution in [0.2, 0.25) is 0 Å². The molecule has 0 saturated carbocycles. The van der Waals surface area contributed by atoms with E-state index in [0.717, 1.165) is 10.6 Å². The third-order valence-corrected chi connectivity index (χ3v) is 3.32. The van der Waals surface area contributed by atoms with Gasteiger partial charge in [-0.2, -0.15) is 5.10 Å². The lowest BCUT2D eigenvalue weighted by atomic mass is 10.2. The molecule has 82 valence electrons. The zero-order chi connectivity index (χ0) is 11.5. The maximum atomic E-state index is 5.22. The van der Waals surface area contributed by atoms with E-state index in [2.05, 4.69) is 28.4 Å². The minimum absolute atomic E-state index is 0.0274. The lowest BCUT2D eigenvalue weighted by molar-refractivity contribution is 1.20. The van der Waals surface area contributed by atoms with E-state index in [1.165, 1.54) is 10.1 Å². The van der Waals surface area contributed by atoms with Gasteiger partial charge in [-0.3, -0.25) is 0 Å². The van der Waals surface area contributed by atoms with E-state index in [0.29, 0.717) is 0 Å². The Kier molecular flexibility index (Phi) is 2.87. The first kappa shape index (κ1) is 10.6. The smallest absolute Gasteiger partial charge is 0.211 e. The highest BCUT2D eigenvalue weighted by Gasteiger charge is 2.03. The topological polar surface area (TPSA) is 76.8 Å². The van der Waals surface area contributed by atoms with Gasteiger partial charge < -0.3 is 11.5 Å². The van der Waals surface area contributed by atoms with Gasteiger partial charge in [0.15, 0.2) is 0 Å². The lowest BCUT2D eigenvalue weighted by Crippen LogP contribution is -2.22. The van der Waals surface area contributed by atoms with Crippen LogP contribution in [0.25, 0.3) is 10.1 Å². The van der Waals surface area contributed by atoms with E-state index in [1.54, 1.807) is 11.3 Å². The van der Waals surface area contributed by atoms with Crippen LogP contribution in [0.5, 0.6) is 0 Å². The van der Waals surface area contributed by atoms with Crippen molar-refractivity contribution in [3.63, 3.8) is 0 Å². The summed E-state index contributed by atoms with van der Waals surface area (Å²) in [4.78, 5) is 1.08. The Morgan fingerprint density at radius 2 is 1.94 bits per heavy atom. The van der Waals surface area contributed by atoms with Gasteiger partial charge in [-0.05, 0) is 24.4 Å². The number of nitrogens with two attached hydrogens (primary N) is 2. The van der Waals surface area contributed by atoms with Gasteiger partial charge in [-0.15, -0.1) is 16.4 Å². The molecule has 5 heteroatoms.